The lowest BCUT2D eigenvalue weighted by Gasteiger charge is -2.22. The highest BCUT2D eigenvalue weighted by Crippen LogP contribution is 2.34. The summed E-state index contributed by atoms with van der Waals surface area (Å²) in [6, 6.07) is 4.71. The SMILES string of the molecule is Cn1cc([C@H]2CCCN2Cc2csc(-c3cccs3)n2)cn1. The molecule has 0 N–H and O–H groups in total. The van der Waals surface area contributed by atoms with Crippen molar-refractivity contribution in [3.63, 3.8) is 0 Å². The molecule has 0 aromatic carbocycles. The number of hydrogen-bond acceptors (Lipinski definition) is 5. The largest absolute Gasteiger partial charge is 0.290 e. The zero-order valence-corrected chi connectivity index (χ0v) is 14.1. The molecule has 4 heterocycles. The quantitative estimate of drug-likeness (QED) is 0.726. The molecule has 6 heteroatoms. The third-order valence-electron chi connectivity index (χ3n) is 4.12. The summed E-state index contributed by atoms with van der Waals surface area (Å²) in [5, 5.41) is 9.77. The van der Waals surface area contributed by atoms with E-state index in [2.05, 4.69) is 39.1 Å². The molecule has 1 fully saturated rings. The summed E-state index contributed by atoms with van der Waals surface area (Å²) in [6.07, 6.45) is 6.61. The van der Waals surface area contributed by atoms with Crippen LogP contribution in [-0.4, -0.2) is 26.2 Å². The Morgan fingerprint density at radius 2 is 2.32 bits per heavy atom. The first-order valence-corrected chi connectivity index (χ1v) is 9.26. The topological polar surface area (TPSA) is 34.0 Å². The van der Waals surface area contributed by atoms with Crippen LogP contribution in [0.5, 0.6) is 0 Å². The summed E-state index contributed by atoms with van der Waals surface area (Å²) in [5.74, 6) is 0. The molecule has 1 aliphatic heterocycles. The van der Waals surface area contributed by atoms with E-state index in [4.69, 9.17) is 4.98 Å². The summed E-state index contributed by atoms with van der Waals surface area (Å²) in [4.78, 5) is 8.61. The summed E-state index contributed by atoms with van der Waals surface area (Å²) < 4.78 is 1.89. The lowest BCUT2D eigenvalue weighted by molar-refractivity contribution is 0.246. The number of thiazole rings is 1. The molecule has 114 valence electrons. The maximum Gasteiger partial charge on any atom is 0.133 e. The minimum absolute atomic E-state index is 0.487. The lowest BCUT2D eigenvalue weighted by atomic mass is 10.1. The van der Waals surface area contributed by atoms with Gasteiger partial charge in [-0.25, -0.2) is 4.98 Å². The van der Waals surface area contributed by atoms with Crippen LogP contribution in [0.1, 0.15) is 30.1 Å². The van der Waals surface area contributed by atoms with Gasteiger partial charge in [-0.3, -0.25) is 9.58 Å². The van der Waals surface area contributed by atoms with Gasteiger partial charge in [0.15, 0.2) is 0 Å². The third kappa shape index (κ3) is 2.74. The van der Waals surface area contributed by atoms with E-state index in [0.29, 0.717) is 6.04 Å². The standard InChI is InChI=1S/C16H18N4S2/c1-19-9-12(8-17-19)14-4-2-6-20(14)10-13-11-22-16(18-13)15-5-3-7-21-15/h3,5,7-9,11,14H,2,4,6,10H2,1H3/t14-/m1/s1. The number of aromatic nitrogens is 3. The van der Waals surface area contributed by atoms with E-state index >= 15 is 0 Å². The van der Waals surface area contributed by atoms with Crippen molar-refractivity contribution in [2.45, 2.75) is 25.4 Å². The molecule has 0 amide bonds. The van der Waals surface area contributed by atoms with E-state index in [9.17, 15) is 0 Å². The van der Waals surface area contributed by atoms with Crippen molar-refractivity contribution in [1.29, 1.82) is 0 Å². The van der Waals surface area contributed by atoms with Crippen molar-refractivity contribution in [3.8, 4) is 9.88 Å². The second kappa shape index (κ2) is 5.95. The smallest absolute Gasteiger partial charge is 0.133 e. The van der Waals surface area contributed by atoms with Crippen molar-refractivity contribution >= 4 is 22.7 Å². The van der Waals surface area contributed by atoms with Gasteiger partial charge in [0, 0.05) is 36.8 Å². The first kappa shape index (κ1) is 14.1. The monoisotopic (exact) mass is 330 g/mol. The molecule has 0 aliphatic carbocycles. The Labute approximate surface area is 138 Å². The fourth-order valence-corrected chi connectivity index (χ4v) is 4.73. The van der Waals surface area contributed by atoms with E-state index in [1.54, 1.807) is 22.7 Å². The molecule has 4 nitrogen and oxygen atoms in total. The Balaban J connectivity index is 1.50. The zero-order valence-electron chi connectivity index (χ0n) is 12.5. The van der Waals surface area contributed by atoms with Gasteiger partial charge >= 0.3 is 0 Å². The molecule has 0 saturated carbocycles. The molecule has 22 heavy (non-hydrogen) atoms. The van der Waals surface area contributed by atoms with Crippen LogP contribution in [0.25, 0.3) is 9.88 Å². The molecule has 1 atom stereocenters. The van der Waals surface area contributed by atoms with Gasteiger partial charge in [-0.15, -0.1) is 22.7 Å². The first-order valence-electron chi connectivity index (χ1n) is 7.50. The van der Waals surface area contributed by atoms with Crippen LogP contribution in [0, 0.1) is 0 Å². The second-order valence-corrected chi connectivity index (χ2v) is 7.50. The Morgan fingerprint density at radius 3 is 3.09 bits per heavy atom. The van der Waals surface area contributed by atoms with Crippen LogP contribution in [-0.2, 0) is 13.6 Å². The average Bonchev–Trinajstić information content (AvgIpc) is 3.26. The number of aryl methyl sites for hydroxylation is 1. The van der Waals surface area contributed by atoms with Crippen LogP contribution >= 0.6 is 22.7 Å². The Morgan fingerprint density at radius 1 is 1.36 bits per heavy atom. The number of thiophene rings is 1. The van der Waals surface area contributed by atoms with Gasteiger partial charge < -0.3 is 0 Å². The summed E-state index contributed by atoms with van der Waals surface area (Å²) in [7, 11) is 1.98. The highest BCUT2D eigenvalue weighted by molar-refractivity contribution is 7.20. The Bertz CT molecular complexity index is 744. The normalized spacial score (nSPS) is 19.0. The number of rotatable bonds is 4. The highest BCUT2D eigenvalue weighted by atomic mass is 32.1. The van der Waals surface area contributed by atoms with Crippen molar-refractivity contribution in [2.24, 2.45) is 7.05 Å². The maximum absolute atomic E-state index is 4.82. The fourth-order valence-electron chi connectivity index (χ4n) is 3.11. The van der Waals surface area contributed by atoms with E-state index in [1.807, 2.05) is 17.9 Å². The van der Waals surface area contributed by atoms with Crippen LogP contribution in [0.3, 0.4) is 0 Å². The zero-order chi connectivity index (χ0) is 14.9. The summed E-state index contributed by atoms with van der Waals surface area (Å²) in [6.45, 7) is 2.08. The lowest BCUT2D eigenvalue weighted by Crippen LogP contribution is -2.22. The van der Waals surface area contributed by atoms with Crippen molar-refractivity contribution in [2.75, 3.05) is 6.54 Å². The van der Waals surface area contributed by atoms with E-state index in [0.717, 1.165) is 18.1 Å². The predicted octanol–water partition coefficient (Wildman–Crippen LogP) is 3.94. The van der Waals surface area contributed by atoms with Crippen LogP contribution in [0.15, 0.2) is 35.3 Å². The average molecular weight is 330 g/mol. The number of nitrogens with zero attached hydrogens (tertiary/aromatic N) is 4. The van der Waals surface area contributed by atoms with Gasteiger partial charge in [-0.1, -0.05) is 6.07 Å². The van der Waals surface area contributed by atoms with Crippen molar-refractivity contribution < 1.29 is 0 Å². The highest BCUT2D eigenvalue weighted by Gasteiger charge is 2.27. The third-order valence-corrected chi connectivity index (χ3v) is 6.05. The molecule has 4 rings (SSSR count). The van der Waals surface area contributed by atoms with Gasteiger partial charge in [-0.05, 0) is 30.8 Å². The van der Waals surface area contributed by atoms with E-state index < -0.39 is 0 Å². The minimum Gasteiger partial charge on any atom is -0.290 e. The van der Waals surface area contributed by atoms with Crippen LogP contribution < -0.4 is 0 Å². The molecule has 0 bridgehead atoms. The summed E-state index contributed by atoms with van der Waals surface area (Å²) in [5.41, 5.74) is 2.51. The first-order chi connectivity index (χ1) is 10.8. The molecule has 3 aromatic rings. The van der Waals surface area contributed by atoms with Gasteiger partial charge in [-0.2, -0.15) is 5.10 Å². The Hall–Kier alpha value is -1.50. The molecule has 1 saturated heterocycles. The second-order valence-electron chi connectivity index (χ2n) is 5.70. The van der Waals surface area contributed by atoms with Gasteiger partial charge in [0.1, 0.15) is 5.01 Å². The molecule has 0 unspecified atom stereocenters. The fraction of sp³-hybridized carbons (Fsp3) is 0.375. The van der Waals surface area contributed by atoms with E-state index in [1.165, 1.54) is 29.0 Å². The molecule has 0 spiro atoms. The number of hydrogen-bond donors (Lipinski definition) is 0. The van der Waals surface area contributed by atoms with Crippen LogP contribution in [0.2, 0.25) is 0 Å². The van der Waals surface area contributed by atoms with Crippen LogP contribution in [0.4, 0.5) is 0 Å². The molecule has 3 aromatic heterocycles. The van der Waals surface area contributed by atoms with Gasteiger partial charge in [0.2, 0.25) is 0 Å². The van der Waals surface area contributed by atoms with Crippen molar-refractivity contribution in [1.82, 2.24) is 19.7 Å². The van der Waals surface area contributed by atoms with E-state index in [-0.39, 0.29) is 0 Å². The maximum atomic E-state index is 4.82. The Kier molecular flexibility index (Phi) is 3.82. The van der Waals surface area contributed by atoms with Crippen molar-refractivity contribution in [3.05, 3.63) is 46.5 Å². The molecule has 0 radical (unpaired) electrons. The molecular formula is C16H18N4S2. The van der Waals surface area contributed by atoms with Gasteiger partial charge in [0.25, 0.3) is 0 Å². The summed E-state index contributed by atoms with van der Waals surface area (Å²) >= 11 is 3.50. The number of likely N-dealkylation sites (tertiary alicyclic amines) is 1. The van der Waals surface area contributed by atoms with Gasteiger partial charge in [0.05, 0.1) is 16.8 Å². The molecular weight excluding hydrogens is 312 g/mol. The predicted molar refractivity (Wildman–Crippen MR) is 91.0 cm³/mol. The molecule has 1 aliphatic rings. The minimum atomic E-state index is 0.487.